The molecule has 0 unspecified atom stereocenters. The van der Waals surface area contributed by atoms with Crippen LogP contribution in [-0.2, 0) is 0 Å². The van der Waals surface area contributed by atoms with E-state index in [0.717, 1.165) is 0 Å². The first-order valence-corrected chi connectivity index (χ1v) is 3.71. The van der Waals surface area contributed by atoms with Gasteiger partial charge in [0.2, 0.25) is 6.34 Å². The third kappa shape index (κ3) is 0.856. The Kier molecular flexibility index (Phi) is 1.31. The molecule has 0 saturated carbocycles. The van der Waals surface area contributed by atoms with Gasteiger partial charge in [-0.15, -0.1) is 0 Å². The molecule has 2 nitrogen and oxygen atoms in total. The van der Waals surface area contributed by atoms with E-state index in [4.69, 9.17) is 0 Å². The second-order valence-electron chi connectivity index (χ2n) is 2.63. The minimum atomic E-state index is 1.21. The Morgan fingerprint density at radius 2 is 2.50 bits per heavy atom. The van der Waals surface area contributed by atoms with Crippen molar-refractivity contribution in [1.82, 2.24) is 5.32 Å². The summed E-state index contributed by atoms with van der Waals surface area (Å²) in [6, 6.07) is 0. The lowest BCUT2D eigenvalue weighted by Gasteiger charge is -2.12. The molecule has 0 aromatic rings. The summed E-state index contributed by atoms with van der Waals surface area (Å²) < 4.78 is 0. The molecule has 0 amide bonds. The second-order valence-corrected chi connectivity index (χ2v) is 2.63. The maximum Gasteiger partial charge on any atom is 0.239 e. The molecule has 0 aromatic carbocycles. The van der Waals surface area contributed by atoms with Gasteiger partial charge < -0.3 is 0 Å². The Hall–Kier alpha value is -1.05. The van der Waals surface area contributed by atoms with E-state index in [9.17, 15) is 0 Å². The average molecular weight is 135 g/mol. The zero-order valence-electron chi connectivity index (χ0n) is 5.85. The van der Waals surface area contributed by atoms with Gasteiger partial charge in [-0.1, -0.05) is 0 Å². The van der Waals surface area contributed by atoms with Crippen LogP contribution >= 0.6 is 0 Å². The lowest BCUT2D eigenvalue weighted by molar-refractivity contribution is -0.371. The fraction of sp³-hybridized carbons (Fsp3) is 0.375. The zero-order valence-corrected chi connectivity index (χ0v) is 5.85. The van der Waals surface area contributed by atoms with Crippen molar-refractivity contribution in [1.29, 1.82) is 0 Å². The molecule has 0 saturated heterocycles. The molecule has 1 heterocycles. The molecule has 1 aliphatic carbocycles. The first kappa shape index (κ1) is 5.71. The van der Waals surface area contributed by atoms with Crippen LogP contribution in [0, 0.1) is 0 Å². The van der Waals surface area contributed by atoms with Crippen LogP contribution in [0.4, 0.5) is 0 Å². The van der Waals surface area contributed by atoms with E-state index >= 15 is 0 Å². The van der Waals surface area contributed by atoms with Gasteiger partial charge in [0.05, 0.1) is 6.20 Å². The first-order chi connectivity index (χ1) is 4.97. The Bertz CT molecular complexity index is 223. The van der Waals surface area contributed by atoms with Crippen molar-refractivity contribution in [3.05, 3.63) is 23.5 Å². The van der Waals surface area contributed by atoms with Gasteiger partial charge in [-0.25, -0.2) is 5.32 Å². The van der Waals surface area contributed by atoms with Crippen molar-refractivity contribution in [3.8, 4) is 0 Å². The molecule has 0 aromatic heterocycles. The summed E-state index contributed by atoms with van der Waals surface area (Å²) in [5.41, 5.74) is 2.71. The van der Waals surface area contributed by atoms with Gasteiger partial charge in [-0.05, 0) is 25.3 Å². The van der Waals surface area contributed by atoms with E-state index in [2.05, 4.69) is 22.6 Å². The van der Waals surface area contributed by atoms with Crippen molar-refractivity contribution < 1.29 is 4.99 Å². The van der Waals surface area contributed by atoms with Crippen molar-refractivity contribution in [2.45, 2.75) is 19.3 Å². The maximum absolute atomic E-state index is 3.18. The summed E-state index contributed by atoms with van der Waals surface area (Å²) >= 11 is 0. The number of hydrogen-bond acceptors (Lipinski definition) is 1. The first-order valence-electron chi connectivity index (χ1n) is 3.71. The summed E-state index contributed by atoms with van der Waals surface area (Å²) in [6.45, 7) is 0. The quantitative estimate of drug-likeness (QED) is 0.466. The molecule has 0 fully saturated rings. The number of allylic oxidation sites excluding steroid dienone is 2. The molecule has 0 radical (unpaired) electrons. The van der Waals surface area contributed by atoms with Gasteiger partial charge >= 0.3 is 0 Å². The van der Waals surface area contributed by atoms with Crippen molar-refractivity contribution in [2.75, 3.05) is 0 Å². The second kappa shape index (κ2) is 2.29. The Balaban J connectivity index is 2.32. The van der Waals surface area contributed by atoms with Crippen molar-refractivity contribution in [2.24, 2.45) is 0 Å². The molecular formula is C8H11N2+. The van der Waals surface area contributed by atoms with Crippen LogP contribution in [0.5, 0.6) is 0 Å². The fourth-order valence-electron chi connectivity index (χ4n) is 1.37. The van der Waals surface area contributed by atoms with Gasteiger partial charge in [0, 0.05) is 5.57 Å². The van der Waals surface area contributed by atoms with Crippen LogP contribution in [0.2, 0.25) is 0 Å². The van der Waals surface area contributed by atoms with Crippen LogP contribution in [0.1, 0.15) is 19.3 Å². The van der Waals surface area contributed by atoms with Crippen LogP contribution < -0.4 is 10.3 Å². The number of rotatable bonds is 0. The average Bonchev–Trinajstić information content (AvgIpc) is 2.05. The van der Waals surface area contributed by atoms with E-state index in [1.165, 1.54) is 30.5 Å². The minimum Gasteiger partial charge on any atom is -0.253 e. The summed E-state index contributed by atoms with van der Waals surface area (Å²) in [7, 11) is 0. The van der Waals surface area contributed by atoms with Crippen molar-refractivity contribution in [3.63, 3.8) is 0 Å². The van der Waals surface area contributed by atoms with Gasteiger partial charge in [0.25, 0.3) is 0 Å². The van der Waals surface area contributed by atoms with E-state index < -0.39 is 0 Å². The molecular weight excluding hydrogens is 124 g/mol. The van der Waals surface area contributed by atoms with E-state index in [1.54, 1.807) is 0 Å². The molecule has 2 rings (SSSR count). The number of fused-ring (bicyclic) bond motifs is 1. The molecule has 0 spiro atoms. The van der Waals surface area contributed by atoms with E-state index in [1.807, 2.05) is 6.34 Å². The van der Waals surface area contributed by atoms with Crippen LogP contribution in [0.25, 0.3) is 0 Å². The highest BCUT2D eigenvalue weighted by molar-refractivity contribution is 5.56. The summed E-state index contributed by atoms with van der Waals surface area (Å²) in [5, 5.41) is 3.18. The lowest BCUT2D eigenvalue weighted by Crippen LogP contribution is -2.66. The monoisotopic (exact) mass is 135 g/mol. The van der Waals surface area contributed by atoms with Gasteiger partial charge in [0.1, 0.15) is 5.70 Å². The molecule has 52 valence electrons. The van der Waals surface area contributed by atoms with Crippen molar-refractivity contribution >= 4 is 6.34 Å². The normalized spacial score (nSPS) is 22.4. The molecule has 1 aliphatic heterocycles. The largest absolute Gasteiger partial charge is 0.253 e. The molecule has 10 heavy (non-hydrogen) atoms. The summed E-state index contributed by atoms with van der Waals surface area (Å²) in [5.74, 6) is 0. The lowest BCUT2D eigenvalue weighted by atomic mass is 9.99. The SMILES string of the molecule is C1=[NH+]C=C2CCCC=C2N1. The van der Waals surface area contributed by atoms with Crippen LogP contribution in [0.3, 0.4) is 0 Å². The molecule has 2 aliphatic rings. The fourth-order valence-corrected chi connectivity index (χ4v) is 1.37. The zero-order chi connectivity index (χ0) is 6.81. The molecule has 2 heteroatoms. The smallest absolute Gasteiger partial charge is 0.239 e. The predicted molar refractivity (Wildman–Crippen MR) is 40.2 cm³/mol. The molecule has 0 atom stereocenters. The Labute approximate surface area is 60.3 Å². The summed E-state index contributed by atoms with van der Waals surface area (Å²) in [6.07, 6.45) is 9.90. The van der Waals surface area contributed by atoms with E-state index in [0.29, 0.717) is 0 Å². The van der Waals surface area contributed by atoms with Gasteiger partial charge in [-0.3, -0.25) is 4.99 Å². The highest BCUT2D eigenvalue weighted by atomic mass is 15.0. The van der Waals surface area contributed by atoms with Crippen LogP contribution in [0.15, 0.2) is 23.5 Å². The van der Waals surface area contributed by atoms with Crippen LogP contribution in [-0.4, -0.2) is 6.34 Å². The van der Waals surface area contributed by atoms with Gasteiger partial charge in [0.15, 0.2) is 0 Å². The Morgan fingerprint density at radius 1 is 1.50 bits per heavy atom. The number of hydrogen-bond donors (Lipinski definition) is 2. The third-order valence-electron chi connectivity index (χ3n) is 1.91. The topological polar surface area (TPSA) is 26.0 Å². The Morgan fingerprint density at radius 3 is 3.40 bits per heavy atom. The minimum absolute atomic E-state index is 1.21. The predicted octanol–water partition coefficient (Wildman–Crippen LogP) is -0.350. The molecule has 0 bridgehead atoms. The third-order valence-corrected chi connectivity index (χ3v) is 1.91. The molecule has 2 N–H and O–H groups in total. The van der Waals surface area contributed by atoms with E-state index in [-0.39, 0.29) is 0 Å². The maximum atomic E-state index is 3.18. The van der Waals surface area contributed by atoms with Gasteiger partial charge in [-0.2, -0.15) is 0 Å². The highest BCUT2D eigenvalue weighted by Crippen LogP contribution is 2.20. The highest BCUT2D eigenvalue weighted by Gasteiger charge is 2.14. The summed E-state index contributed by atoms with van der Waals surface area (Å²) in [4.78, 5) is 3.04. The standard InChI is InChI=1S/C8H10N2/c1-2-4-8-7(3-1)5-9-6-10-8/h4-6H,1-3H2,(H,9,10)/p+1. The number of nitrogens with one attached hydrogen (secondary N) is 2.